The molecule has 1 atom stereocenters. The minimum atomic E-state index is -1.06. The fourth-order valence-electron chi connectivity index (χ4n) is 1.68. The molecule has 0 aliphatic heterocycles. The van der Waals surface area contributed by atoms with E-state index in [0.29, 0.717) is 6.61 Å². The van der Waals surface area contributed by atoms with Gasteiger partial charge in [0.15, 0.2) is 0 Å². The van der Waals surface area contributed by atoms with Crippen molar-refractivity contribution in [1.82, 2.24) is 4.90 Å². The van der Waals surface area contributed by atoms with Gasteiger partial charge in [0.05, 0.1) is 6.61 Å². The van der Waals surface area contributed by atoms with Crippen molar-refractivity contribution in [3.8, 4) is 0 Å². The highest BCUT2D eigenvalue weighted by molar-refractivity contribution is 5.84. The molecule has 0 saturated carbocycles. The summed E-state index contributed by atoms with van der Waals surface area (Å²) in [7, 11) is 0. The Morgan fingerprint density at radius 1 is 1.40 bits per heavy atom. The summed E-state index contributed by atoms with van der Waals surface area (Å²) in [6.07, 6.45) is 0.791. The second-order valence-electron chi connectivity index (χ2n) is 4.34. The van der Waals surface area contributed by atoms with Crippen molar-refractivity contribution in [1.29, 1.82) is 0 Å². The minimum absolute atomic E-state index is 0.185. The van der Waals surface area contributed by atoms with Crippen LogP contribution in [0.5, 0.6) is 0 Å². The second-order valence-corrected chi connectivity index (χ2v) is 4.34. The molecule has 20 heavy (non-hydrogen) atoms. The molecular formula is C15H19NO4. The molecule has 0 aliphatic carbocycles. The van der Waals surface area contributed by atoms with Gasteiger partial charge < -0.3 is 14.7 Å². The molecular weight excluding hydrogens is 258 g/mol. The van der Waals surface area contributed by atoms with Crippen molar-refractivity contribution in [2.75, 3.05) is 13.1 Å². The highest BCUT2D eigenvalue weighted by Gasteiger charge is 2.22. The number of hydrogen-bond acceptors (Lipinski definition) is 3. The third-order valence-corrected chi connectivity index (χ3v) is 2.68. The topological polar surface area (TPSA) is 66.8 Å². The van der Waals surface area contributed by atoms with E-state index >= 15 is 0 Å². The summed E-state index contributed by atoms with van der Waals surface area (Å²) in [6, 6.07) is 9.47. The fourth-order valence-corrected chi connectivity index (χ4v) is 1.68. The lowest BCUT2D eigenvalue weighted by atomic mass is 10.2. The number of ether oxygens (including phenoxy) is 1. The van der Waals surface area contributed by atoms with Gasteiger partial charge in [-0.1, -0.05) is 36.4 Å². The Hall–Kier alpha value is -2.14. The average molecular weight is 277 g/mol. The molecule has 1 unspecified atom stereocenters. The Bertz CT molecular complexity index is 458. The zero-order valence-corrected chi connectivity index (χ0v) is 11.5. The zero-order chi connectivity index (χ0) is 15.0. The Balaban J connectivity index is 2.55. The van der Waals surface area contributed by atoms with Crippen LogP contribution in [0.25, 0.3) is 0 Å². The number of carbonyl (C=O) groups excluding carboxylic acids is 1. The quantitative estimate of drug-likeness (QED) is 0.734. The van der Waals surface area contributed by atoms with Crippen LogP contribution in [0.2, 0.25) is 0 Å². The van der Waals surface area contributed by atoms with Gasteiger partial charge in [-0.05, 0) is 12.5 Å². The third-order valence-electron chi connectivity index (χ3n) is 2.68. The van der Waals surface area contributed by atoms with E-state index in [4.69, 9.17) is 9.84 Å². The predicted molar refractivity (Wildman–Crippen MR) is 75.1 cm³/mol. The number of benzene rings is 1. The molecule has 0 aromatic heterocycles. The van der Waals surface area contributed by atoms with Crippen LogP contribution in [0.15, 0.2) is 43.0 Å². The fraction of sp³-hybridized carbons (Fsp3) is 0.333. The summed E-state index contributed by atoms with van der Waals surface area (Å²) in [5.41, 5.74) is 0.959. The van der Waals surface area contributed by atoms with Crippen LogP contribution in [-0.2, 0) is 20.9 Å². The maximum Gasteiger partial charge on any atom is 0.323 e. The standard InChI is InChI=1S/C15H19NO4/c1-3-9-16(10-14(17)18)15(19)12(2)20-11-13-7-5-4-6-8-13/h3-8,12H,1,9-11H2,2H3,(H,17,18). The van der Waals surface area contributed by atoms with Crippen molar-refractivity contribution in [3.05, 3.63) is 48.6 Å². The van der Waals surface area contributed by atoms with Gasteiger partial charge in [-0.15, -0.1) is 6.58 Å². The van der Waals surface area contributed by atoms with E-state index in [0.717, 1.165) is 5.56 Å². The van der Waals surface area contributed by atoms with Crippen molar-refractivity contribution in [2.24, 2.45) is 0 Å². The number of rotatable bonds is 8. The zero-order valence-electron chi connectivity index (χ0n) is 11.5. The Labute approximate surface area is 118 Å². The smallest absolute Gasteiger partial charge is 0.323 e. The normalized spacial score (nSPS) is 11.7. The van der Waals surface area contributed by atoms with Crippen LogP contribution < -0.4 is 0 Å². The molecule has 1 rings (SSSR count). The summed E-state index contributed by atoms with van der Waals surface area (Å²) in [5.74, 6) is -1.42. The molecule has 1 amide bonds. The largest absolute Gasteiger partial charge is 0.480 e. The monoisotopic (exact) mass is 277 g/mol. The lowest BCUT2D eigenvalue weighted by molar-refractivity contribution is -0.150. The molecule has 5 nitrogen and oxygen atoms in total. The average Bonchev–Trinajstić information content (AvgIpc) is 2.44. The molecule has 0 bridgehead atoms. The molecule has 0 fully saturated rings. The molecule has 1 aromatic carbocycles. The van der Waals surface area contributed by atoms with Crippen LogP contribution in [-0.4, -0.2) is 41.1 Å². The van der Waals surface area contributed by atoms with E-state index in [9.17, 15) is 9.59 Å². The van der Waals surface area contributed by atoms with Crippen LogP contribution in [0, 0.1) is 0 Å². The maximum atomic E-state index is 12.1. The third kappa shape index (κ3) is 5.24. The van der Waals surface area contributed by atoms with Gasteiger partial charge in [0, 0.05) is 6.54 Å². The number of nitrogens with zero attached hydrogens (tertiary/aromatic N) is 1. The Morgan fingerprint density at radius 2 is 2.05 bits per heavy atom. The molecule has 0 spiro atoms. The van der Waals surface area contributed by atoms with Crippen molar-refractivity contribution >= 4 is 11.9 Å². The summed E-state index contributed by atoms with van der Waals surface area (Å²) in [4.78, 5) is 24.0. The van der Waals surface area contributed by atoms with E-state index in [-0.39, 0.29) is 19.0 Å². The summed E-state index contributed by atoms with van der Waals surface area (Å²) in [5, 5.41) is 8.78. The van der Waals surface area contributed by atoms with E-state index < -0.39 is 12.1 Å². The number of carbonyl (C=O) groups is 2. The maximum absolute atomic E-state index is 12.1. The van der Waals surface area contributed by atoms with Crippen LogP contribution >= 0.6 is 0 Å². The minimum Gasteiger partial charge on any atom is -0.480 e. The van der Waals surface area contributed by atoms with Gasteiger partial charge in [0.2, 0.25) is 0 Å². The van der Waals surface area contributed by atoms with E-state index in [1.807, 2.05) is 30.3 Å². The molecule has 1 N–H and O–H groups in total. The molecule has 0 saturated heterocycles. The van der Waals surface area contributed by atoms with Gasteiger partial charge in [-0.3, -0.25) is 9.59 Å². The first-order valence-electron chi connectivity index (χ1n) is 6.31. The Kier molecular flexibility index (Phi) is 6.46. The van der Waals surface area contributed by atoms with E-state index in [1.165, 1.54) is 11.0 Å². The number of carboxylic acids is 1. The lowest BCUT2D eigenvalue weighted by Crippen LogP contribution is -2.42. The first-order valence-corrected chi connectivity index (χ1v) is 6.31. The lowest BCUT2D eigenvalue weighted by Gasteiger charge is -2.23. The van der Waals surface area contributed by atoms with Gasteiger partial charge in [0.1, 0.15) is 12.6 Å². The second kappa shape index (κ2) is 8.12. The summed E-state index contributed by atoms with van der Waals surface area (Å²) < 4.78 is 5.48. The van der Waals surface area contributed by atoms with Crippen molar-refractivity contribution in [2.45, 2.75) is 19.6 Å². The highest BCUT2D eigenvalue weighted by Crippen LogP contribution is 2.06. The van der Waals surface area contributed by atoms with Crippen LogP contribution in [0.1, 0.15) is 12.5 Å². The summed E-state index contributed by atoms with van der Waals surface area (Å²) in [6.45, 7) is 5.27. The molecule has 0 heterocycles. The molecule has 108 valence electrons. The highest BCUT2D eigenvalue weighted by atomic mass is 16.5. The number of amides is 1. The predicted octanol–water partition coefficient (Wildman–Crippen LogP) is 1.69. The number of aliphatic carboxylic acids is 1. The first-order chi connectivity index (χ1) is 9.54. The van der Waals surface area contributed by atoms with Gasteiger partial charge >= 0.3 is 5.97 Å². The summed E-state index contributed by atoms with van der Waals surface area (Å²) >= 11 is 0. The SMILES string of the molecule is C=CCN(CC(=O)O)C(=O)C(C)OCc1ccccc1. The first kappa shape index (κ1) is 15.9. The molecule has 0 radical (unpaired) electrons. The number of hydrogen-bond donors (Lipinski definition) is 1. The number of carboxylic acid groups (broad SMARTS) is 1. The molecule has 0 aliphatic rings. The van der Waals surface area contributed by atoms with E-state index in [2.05, 4.69) is 6.58 Å². The molecule has 1 aromatic rings. The van der Waals surface area contributed by atoms with Crippen LogP contribution in [0.3, 0.4) is 0 Å². The van der Waals surface area contributed by atoms with Crippen molar-refractivity contribution in [3.63, 3.8) is 0 Å². The van der Waals surface area contributed by atoms with Crippen LogP contribution in [0.4, 0.5) is 0 Å². The van der Waals surface area contributed by atoms with Gasteiger partial charge in [-0.25, -0.2) is 0 Å². The van der Waals surface area contributed by atoms with Gasteiger partial charge in [0.25, 0.3) is 5.91 Å². The Morgan fingerprint density at radius 3 is 2.60 bits per heavy atom. The van der Waals surface area contributed by atoms with E-state index in [1.54, 1.807) is 6.92 Å². The molecule has 5 heteroatoms. The van der Waals surface area contributed by atoms with Crippen molar-refractivity contribution < 1.29 is 19.4 Å². The van der Waals surface area contributed by atoms with Gasteiger partial charge in [-0.2, -0.15) is 0 Å².